The van der Waals surface area contributed by atoms with E-state index in [9.17, 15) is 4.79 Å². The predicted octanol–water partition coefficient (Wildman–Crippen LogP) is 2.97. The van der Waals surface area contributed by atoms with Crippen molar-refractivity contribution in [2.24, 2.45) is 23.7 Å². The molecular weight excluding hydrogens is 212 g/mol. The third-order valence-electron chi connectivity index (χ3n) is 5.05. The molecule has 2 heteroatoms. The molecule has 0 aromatic carbocycles. The minimum atomic E-state index is -0.308. The normalized spacial score (nSPS) is 49.6. The van der Waals surface area contributed by atoms with Crippen LogP contribution in [0.25, 0.3) is 0 Å². The maximum atomic E-state index is 12.3. The molecule has 1 saturated carbocycles. The van der Waals surface area contributed by atoms with E-state index >= 15 is 0 Å². The summed E-state index contributed by atoms with van der Waals surface area (Å²) in [5.74, 6) is 2.52. The highest BCUT2D eigenvalue weighted by atomic mass is 16.5. The SMILES string of the molecule is C[C@H]1CC[C@@H]2[C@H]3C(=O)CCO[C@@]3(C)C=C[C@H]2C1. The van der Waals surface area contributed by atoms with Crippen LogP contribution in [0.1, 0.15) is 39.5 Å². The maximum absolute atomic E-state index is 12.3. The average molecular weight is 234 g/mol. The van der Waals surface area contributed by atoms with E-state index in [-0.39, 0.29) is 11.5 Å². The predicted molar refractivity (Wildman–Crippen MR) is 66.6 cm³/mol. The van der Waals surface area contributed by atoms with E-state index in [0.29, 0.717) is 30.6 Å². The molecule has 94 valence electrons. The average Bonchev–Trinajstić information content (AvgIpc) is 2.28. The number of allylic oxidation sites excluding steroid dienone is 1. The molecule has 0 aromatic rings. The Kier molecular flexibility index (Phi) is 2.66. The Balaban J connectivity index is 1.93. The second-order valence-electron chi connectivity index (χ2n) is 6.33. The molecule has 1 saturated heterocycles. The minimum Gasteiger partial charge on any atom is -0.370 e. The van der Waals surface area contributed by atoms with Crippen molar-refractivity contribution in [2.75, 3.05) is 6.61 Å². The highest BCUT2D eigenvalue weighted by Gasteiger charge is 2.50. The van der Waals surface area contributed by atoms with Crippen molar-refractivity contribution in [3.63, 3.8) is 0 Å². The van der Waals surface area contributed by atoms with Crippen LogP contribution in [0.15, 0.2) is 12.2 Å². The van der Waals surface area contributed by atoms with Gasteiger partial charge in [0.05, 0.1) is 18.1 Å². The summed E-state index contributed by atoms with van der Waals surface area (Å²) in [6.07, 6.45) is 8.84. The van der Waals surface area contributed by atoms with Crippen LogP contribution in [0.4, 0.5) is 0 Å². The van der Waals surface area contributed by atoms with E-state index in [2.05, 4.69) is 26.0 Å². The first-order valence-electron chi connectivity index (χ1n) is 6.96. The zero-order valence-electron chi connectivity index (χ0n) is 10.8. The molecule has 0 unspecified atom stereocenters. The highest BCUT2D eigenvalue weighted by Crippen LogP contribution is 2.49. The van der Waals surface area contributed by atoms with Crippen LogP contribution in [0, 0.1) is 23.7 Å². The molecule has 5 atom stereocenters. The Morgan fingerprint density at radius 2 is 2.24 bits per heavy atom. The molecule has 3 rings (SSSR count). The molecule has 1 aliphatic heterocycles. The van der Waals surface area contributed by atoms with E-state index in [4.69, 9.17) is 4.74 Å². The number of ether oxygens (including phenoxy) is 1. The lowest BCUT2D eigenvalue weighted by atomic mass is 9.59. The van der Waals surface area contributed by atoms with Crippen molar-refractivity contribution in [2.45, 2.75) is 45.1 Å². The number of rotatable bonds is 0. The minimum absolute atomic E-state index is 0.124. The van der Waals surface area contributed by atoms with Crippen molar-refractivity contribution in [1.82, 2.24) is 0 Å². The second kappa shape index (κ2) is 3.94. The Labute approximate surface area is 103 Å². The van der Waals surface area contributed by atoms with E-state index in [1.165, 1.54) is 19.3 Å². The van der Waals surface area contributed by atoms with Crippen LogP contribution in [-0.4, -0.2) is 18.0 Å². The van der Waals surface area contributed by atoms with Gasteiger partial charge in [-0.05, 0) is 37.5 Å². The summed E-state index contributed by atoms with van der Waals surface area (Å²) in [5, 5.41) is 0. The zero-order valence-corrected chi connectivity index (χ0v) is 10.8. The lowest BCUT2D eigenvalue weighted by molar-refractivity contribution is -0.155. The van der Waals surface area contributed by atoms with Crippen LogP contribution in [0.2, 0.25) is 0 Å². The summed E-state index contributed by atoms with van der Waals surface area (Å²) in [6, 6.07) is 0. The molecule has 2 fully saturated rings. The number of carbonyl (C=O) groups excluding carboxylic acids is 1. The van der Waals surface area contributed by atoms with E-state index in [0.717, 1.165) is 5.92 Å². The molecule has 17 heavy (non-hydrogen) atoms. The number of fused-ring (bicyclic) bond motifs is 3. The Morgan fingerprint density at radius 3 is 3.06 bits per heavy atom. The van der Waals surface area contributed by atoms with E-state index in [1.807, 2.05) is 0 Å². The molecule has 3 aliphatic rings. The number of carbonyl (C=O) groups is 1. The molecule has 2 aliphatic carbocycles. The summed E-state index contributed by atoms with van der Waals surface area (Å²) < 4.78 is 5.91. The smallest absolute Gasteiger partial charge is 0.141 e. The van der Waals surface area contributed by atoms with Crippen molar-refractivity contribution < 1.29 is 9.53 Å². The Bertz CT molecular complexity index is 360. The monoisotopic (exact) mass is 234 g/mol. The lowest BCUT2D eigenvalue weighted by Crippen LogP contribution is -2.53. The second-order valence-corrected chi connectivity index (χ2v) is 6.33. The van der Waals surface area contributed by atoms with Gasteiger partial charge in [0.1, 0.15) is 5.78 Å². The third-order valence-corrected chi connectivity index (χ3v) is 5.05. The summed E-state index contributed by atoms with van der Waals surface area (Å²) >= 11 is 0. The van der Waals surface area contributed by atoms with Gasteiger partial charge < -0.3 is 4.74 Å². The Morgan fingerprint density at radius 1 is 1.41 bits per heavy atom. The molecule has 0 spiro atoms. The van der Waals surface area contributed by atoms with Crippen LogP contribution < -0.4 is 0 Å². The molecule has 0 aromatic heterocycles. The van der Waals surface area contributed by atoms with E-state index in [1.54, 1.807) is 0 Å². The van der Waals surface area contributed by atoms with Crippen molar-refractivity contribution in [3.8, 4) is 0 Å². The van der Waals surface area contributed by atoms with Crippen LogP contribution in [0.3, 0.4) is 0 Å². The molecule has 0 amide bonds. The van der Waals surface area contributed by atoms with E-state index < -0.39 is 0 Å². The van der Waals surface area contributed by atoms with Gasteiger partial charge in [0.25, 0.3) is 0 Å². The number of hydrogen-bond acceptors (Lipinski definition) is 2. The molecule has 1 heterocycles. The molecule has 0 N–H and O–H groups in total. The van der Waals surface area contributed by atoms with Crippen LogP contribution >= 0.6 is 0 Å². The zero-order chi connectivity index (χ0) is 12.0. The fourth-order valence-corrected chi connectivity index (χ4v) is 4.15. The van der Waals surface area contributed by atoms with Crippen molar-refractivity contribution in [3.05, 3.63) is 12.2 Å². The first-order valence-corrected chi connectivity index (χ1v) is 6.96. The van der Waals surface area contributed by atoms with Gasteiger partial charge in [-0.3, -0.25) is 4.79 Å². The largest absolute Gasteiger partial charge is 0.370 e. The maximum Gasteiger partial charge on any atom is 0.141 e. The quantitative estimate of drug-likeness (QED) is 0.602. The van der Waals surface area contributed by atoms with Crippen LogP contribution in [-0.2, 0) is 9.53 Å². The highest BCUT2D eigenvalue weighted by molar-refractivity contribution is 5.84. The first-order chi connectivity index (χ1) is 8.10. The van der Waals surface area contributed by atoms with Gasteiger partial charge in [0.15, 0.2) is 0 Å². The first kappa shape index (κ1) is 11.5. The fourth-order valence-electron chi connectivity index (χ4n) is 4.15. The van der Waals surface area contributed by atoms with Crippen LogP contribution in [0.5, 0.6) is 0 Å². The topological polar surface area (TPSA) is 26.3 Å². The van der Waals surface area contributed by atoms with Gasteiger partial charge >= 0.3 is 0 Å². The van der Waals surface area contributed by atoms with Crippen molar-refractivity contribution >= 4 is 5.78 Å². The standard InChI is InChI=1S/C15H22O2/c1-10-3-4-12-11(9-10)5-7-15(2)14(12)13(16)6-8-17-15/h5,7,10-12,14H,3-4,6,8-9H2,1-2H3/t10-,11-,12-,14-,15-/m0/s1. The molecule has 0 bridgehead atoms. The number of Topliss-reactive ketones (excluding diaryl/α,β-unsaturated/α-hetero) is 1. The van der Waals surface area contributed by atoms with Crippen molar-refractivity contribution in [1.29, 1.82) is 0 Å². The lowest BCUT2D eigenvalue weighted by Gasteiger charge is -2.49. The molecular formula is C15H22O2. The molecule has 0 radical (unpaired) electrons. The van der Waals surface area contributed by atoms with Gasteiger partial charge in [0.2, 0.25) is 0 Å². The summed E-state index contributed by atoms with van der Waals surface area (Å²) in [5.41, 5.74) is -0.308. The Hall–Kier alpha value is -0.630. The summed E-state index contributed by atoms with van der Waals surface area (Å²) in [6.45, 7) is 5.03. The fraction of sp³-hybridized carbons (Fsp3) is 0.800. The van der Waals surface area contributed by atoms with Gasteiger partial charge in [-0.1, -0.05) is 25.5 Å². The number of hydrogen-bond donors (Lipinski definition) is 0. The summed E-state index contributed by atoms with van der Waals surface area (Å²) in [4.78, 5) is 12.3. The third kappa shape index (κ3) is 1.77. The van der Waals surface area contributed by atoms with Gasteiger partial charge in [0, 0.05) is 6.42 Å². The summed E-state index contributed by atoms with van der Waals surface area (Å²) in [7, 11) is 0. The van der Waals surface area contributed by atoms with Gasteiger partial charge in [-0.2, -0.15) is 0 Å². The number of ketones is 1. The molecule has 2 nitrogen and oxygen atoms in total. The van der Waals surface area contributed by atoms with Gasteiger partial charge in [-0.15, -0.1) is 0 Å². The van der Waals surface area contributed by atoms with Gasteiger partial charge in [-0.25, -0.2) is 0 Å².